The van der Waals surface area contributed by atoms with E-state index >= 15 is 0 Å². The predicted molar refractivity (Wildman–Crippen MR) is 115 cm³/mol. The Morgan fingerprint density at radius 1 is 1.18 bits per heavy atom. The number of amides is 1. The first-order chi connectivity index (χ1) is 13.7. The fraction of sp³-hybridized carbons (Fsp3) is 0.143. The van der Waals surface area contributed by atoms with Crippen LogP contribution in [0.5, 0.6) is 0 Å². The lowest BCUT2D eigenvalue weighted by Gasteiger charge is -2.34. The summed E-state index contributed by atoms with van der Waals surface area (Å²) in [4.78, 5) is 22.0. The molecule has 5 heterocycles. The number of rotatable bonds is 3. The average molecular weight is 426 g/mol. The van der Waals surface area contributed by atoms with Crippen LogP contribution in [0, 0.1) is 0 Å². The van der Waals surface area contributed by atoms with Gasteiger partial charge in [-0.3, -0.25) is 9.20 Å². The molecule has 0 saturated heterocycles. The maximum Gasteiger partial charge on any atom is 0.247 e. The Labute approximate surface area is 175 Å². The summed E-state index contributed by atoms with van der Waals surface area (Å²) in [6, 6.07) is 12.0. The van der Waals surface area contributed by atoms with Crippen LogP contribution in [0.25, 0.3) is 11.7 Å². The van der Waals surface area contributed by atoms with E-state index in [9.17, 15) is 4.79 Å². The summed E-state index contributed by atoms with van der Waals surface area (Å²) in [5.74, 6) is -0.0165. The number of halogens is 1. The first-order valence-corrected chi connectivity index (χ1v) is 11.1. The smallest absolute Gasteiger partial charge is 0.247 e. The van der Waals surface area contributed by atoms with Gasteiger partial charge in [-0.05, 0) is 53.1 Å². The third kappa shape index (κ3) is 2.98. The number of carbonyl (C=O) groups excluding carboxylic acids is 1. The molecule has 0 radical (unpaired) electrons. The Kier molecular flexibility index (Phi) is 4.55. The van der Waals surface area contributed by atoms with Crippen molar-refractivity contribution in [2.24, 2.45) is 0 Å². The van der Waals surface area contributed by atoms with Gasteiger partial charge in [-0.2, -0.15) is 0 Å². The van der Waals surface area contributed by atoms with Crippen LogP contribution in [0.1, 0.15) is 27.1 Å². The lowest BCUT2D eigenvalue weighted by molar-refractivity contribution is -0.127. The van der Waals surface area contributed by atoms with Gasteiger partial charge in [-0.15, -0.1) is 22.7 Å². The first-order valence-electron chi connectivity index (χ1n) is 8.93. The van der Waals surface area contributed by atoms with Gasteiger partial charge in [0, 0.05) is 28.6 Å². The van der Waals surface area contributed by atoms with Crippen LogP contribution >= 0.6 is 34.3 Å². The van der Waals surface area contributed by atoms with Crippen LogP contribution < -0.4 is 0 Å². The molecular formula is C21H16ClN3OS2. The van der Waals surface area contributed by atoms with Gasteiger partial charge in [0.2, 0.25) is 5.91 Å². The van der Waals surface area contributed by atoms with Gasteiger partial charge in [0.1, 0.15) is 5.65 Å². The molecule has 0 aliphatic carbocycles. The third-order valence-electron chi connectivity index (χ3n) is 4.97. The summed E-state index contributed by atoms with van der Waals surface area (Å²) in [5, 5.41) is 4.57. The molecule has 140 valence electrons. The summed E-state index contributed by atoms with van der Waals surface area (Å²) in [6.07, 6.45) is 6.16. The molecule has 4 aromatic heterocycles. The standard InChI is InChI=1S/C21H16ClN3OS2/c22-21-15(24-10-2-1-5-18(24)23-21)6-7-19(26)25-11-8-16-14(9-13-28-16)20(25)17-4-3-12-27-17/h1-7,9-10,12-13,20H,8,11H2/b7-6+. The van der Waals surface area contributed by atoms with Crippen molar-refractivity contribution >= 4 is 51.9 Å². The molecule has 1 aliphatic heterocycles. The lowest BCUT2D eigenvalue weighted by atomic mass is 9.98. The highest BCUT2D eigenvalue weighted by Gasteiger charge is 2.32. The molecule has 0 aromatic carbocycles. The van der Waals surface area contributed by atoms with E-state index in [1.54, 1.807) is 34.8 Å². The van der Waals surface area contributed by atoms with Crippen LogP contribution in [-0.2, 0) is 11.2 Å². The predicted octanol–water partition coefficient (Wildman–Crippen LogP) is 5.30. The van der Waals surface area contributed by atoms with Crippen LogP contribution in [0.4, 0.5) is 0 Å². The number of hydrogen-bond acceptors (Lipinski definition) is 4. The number of imidazole rings is 1. The number of aromatic nitrogens is 2. The summed E-state index contributed by atoms with van der Waals surface area (Å²) in [7, 11) is 0. The van der Waals surface area contributed by atoms with Gasteiger partial charge in [0.15, 0.2) is 5.15 Å². The molecule has 0 spiro atoms. The number of carbonyl (C=O) groups is 1. The normalized spacial score (nSPS) is 16.8. The Balaban J connectivity index is 1.49. The molecule has 0 saturated carbocycles. The minimum atomic E-state index is -0.0233. The van der Waals surface area contributed by atoms with Crippen molar-refractivity contribution in [1.29, 1.82) is 0 Å². The van der Waals surface area contributed by atoms with Crippen molar-refractivity contribution in [3.63, 3.8) is 0 Å². The van der Waals surface area contributed by atoms with Gasteiger partial charge < -0.3 is 4.90 Å². The summed E-state index contributed by atoms with van der Waals surface area (Å²) >= 11 is 9.76. The number of pyridine rings is 1. The van der Waals surface area contributed by atoms with Gasteiger partial charge in [-0.25, -0.2) is 4.98 Å². The van der Waals surface area contributed by atoms with Crippen molar-refractivity contribution in [2.75, 3.05) is 6.54 Å². The molecule has 1 atom stereocenters. The number of hydrogen-bond donors (Lipinski definition) is 0. The molecule has 1 unspecified atom stereocenters. The van der Waals surface area contributed by atoms with Gasteiger partial charge in [0.25, 0.3) is 0 Å². The summed E-state index contributed by atoms with van der Waals surface area (Å²) in [6.45, 7) is 0.708. The van der Waals surface area contributed by atoms with Crippen LogP contribution in [-0.4, -0.2) is 26.7 Å². The lowest BCUT2D eigenvalue weighted by Crippen LogP contribution is -2.38. The highest BCUT2D eigenvalue weighted by Crippen LogP contribution is 2.39. The zero-order valence-electron chi connectivity index (χ0n) is 14.8. The molecule has 4 aromatic rings. The van der Waals surface area contributed by atoms with Crippen molar-refractivity contribution < 1.29 is 4.79 Å². The number of thiophene rings is 2. The van der Waals surface area contributed by atoms with Crippen LogP contribution in [0.15, 0.2) is 59.4 Å². The fourth-order valence-electron chi connectivity index (χ4n) is 3.69. The Hall–Kier alpha value is -2.41. The molecule has 28 heavy (non-hydrogen) atoms. The summed E-state index contributed by atoms with van der Waals surface area (Å²) in [5.41, 5.74) is 2.72. The third-order valence-corrected chi connectivity index (χ3v) is 7.17. The Bertz CT molecular complexity index is 1180. The van der Waals surface area contributed by atoms with E-state index in [0.29, 0.717) is 17.4 Å². The maximum absolute atomic E-state index is 13.2. The second kappa shape index (κ2) is 7.20. The molecule has 4 nitrogen and oxygen atoms in total. The van der Waals surface area contributed by atoms with Crippen molar-refractivity contribution in [2.45, 2.75) is 12.5 Å². The van der Waals surface area contributed by atoms with Crippen molar-refractivity contribution in [1.82, 2.24) is 14.3 Å². The molecule has 1 amide bonds. The second-order valence-electron chi connectivity index (χ2n) is 6.55. The van der Waals surface area contributed by atoms with Crippen LogP contribution in [0.2, 0.25) is 5.15 Å². The first kappa shape index (κ1) is 17.7. The molecule has 7 heteroatoms. The molecule has 0 bridgehead atoms. The van der Waals surface area contributed by atoms with Gasteiger partial charge in [0.05, 0.1) is 11.7 Å². The monoisotopic (exact) mass is 425 g/mol. The zero-order chi connectivity index (χ0) is 19.1. The quantitative estimate of drug-likeness (QED) is 0.418. The molecule has 1 aliphatic rings. The van der Waals surface area contributed by atoms with E-state index in [1.807, 2.05) is 39.8 Å². The summed E-state index contributed by atoms with van der Waals surface area (Å²) < 4.78 is 1.88. The largest absolute Gasteiger partial charge is 0.327 e. The highest BCUT2D eigenvalue weighted by atomic mass is 35.5. The maximum atomic E-state index is 13.2. The minimum absolute atomic E-state index is 0.0165. The van der Waals surface area contributed by atoms with E-state index in [4.69, 9.17) is 11.6 Å². The van der Waals surface area contributed by atoms with Crippen molar-refractivity contribution in [3.05, 3.63) is 85.6 Å². The van der Waals surface area contributed by atoms with Crippen molar-refractivity contribution in [3.8, 4) is 0 Å². The van der Waals surface area contributed by atoms with E-state index in [1.165, 1.54) is 15.3 Å². The average Bonchev–Trinajstić information content (AvgIpc) is 3.44. The minimum Gasteiger partial charge on any atom is -0.327 e. The second-order valence-corrected chi connectivity index (χ2v) is 8.89. The molecular weight excluding hydrogens is 410 g/mol. The van der Waals surface area contributed by atoms with Crippen LogP contribution in [0.3, 0.4) is 0 Å². The van der Waals surface area contributed by atoms with Gasteiger partial charge in [-0.1, -0.05) is 23.7 Å². The topological polar surface area (TPSA) is 37.6 Å². The van der Waals surface area contributed by atoms with E-state index in [-0.39, 0.29) is 11.9 Å². The van der Waals surface area contributed by atoms with E-state index in [0.717, 1.165) is 12.1 Å². The van der Waals surface area contributed by atoms with E-state index < -0.39 is 0 Å². The molecule has 0 N–H and O–H groups in total. The molecule has 0 fully saturated rings. The number of nitrogens with zero attached hydrogens (tertiary/aromatic N) is 3. The highest BCUT2D eigenvalue weighted by molar-refractivity contribution is 7.10. The Morgan fingerprint density at radius 3 is 2.96 bits per heavy atom. The Morgan fingerprint density at radius 2 is 2.11 bits per heavy atom. The zero-order valence-corrected chi connectivity index (χ0v) is 17.2. The van der Waals surface area contributed by atoms with Gasteiger partial charge >= 0.3 is 0 Å². The van der Waals surface area contributed by atoms with E-state index in [2.05, 4.69) is 27.9 Å². The fourth-order valence-corrected chi connectivity index (χ4v) is 5.69. The SMILES string of the molecule is O=C(/C=C/c1c(Cl)nc2ccccn12)N1CCc2sccc2C1c1cccs1. The molecule has 5 rings (SSSR count). The number of fused-ring (bicyclic) bond motifs is 2.